The molecule has 0 fully saturated rings. The quantitative estimate of drug-likeness (QED) is 0.899. The highest BCUT2D eigenvalue weighted by atomic mass is 16.2. The molecule has 0 spiro atoms. The van der Waals surface area contributed by atoms with E-state index in [0.717, 1.165) is 11.1 Å². The molecular formula is C18H19N3O3. The zero-order valence-corrected chi connectivity index (χ0v) is 13.6. The third kappa shape index (κ3) is 3.08. The van der Waals surface area contributed by atoms with E-state index in [4.69, 9.17) is 0 Å². The summed E-state index contributed by atoms with van der Waals surface area (Å²) in [6.07, 6.45) is 1.54. The molecular weight excluding hydrogens is 306 g/mol. The molecule has 0 aliphatic carbocycles. The van der Waals surface area contributed by atoms with Crippen LogP contribution in [0.5, 0.6) is 0 Å². The summed E-state index contributed by atoms with van der Waals surface area (Å²) in [5.41, 5.74) is 2.32. The Balaban J connectivity index is 1.80. The molecule has 6 heteroatoms. The molecule has 0 saturated carbocycles. The van der Waals surface area contributed by atoms with E-state index in [1.54, 1.807) is 18.3 Å². The molecule has 24 heavy (non-hydrogen) atoms. The van der Waals surface area contributed by atoms with Gasteiger partial charge in [-0.1, -0.05) is 32.0 Å². The number of rotatable bonds is 4. The number of amides is 2. The zero-order valence-electron chi connectivity index (χ0n) is 13.6. The van der Waals surface area contributed by atoms with Crippen LogP contribution in [-0.4, -0.2) is 16.4 Å². The molecule has 2 aromatic rings. The van der Waals surface area contributed by atoms with Crippen molar-refractivity contribution < 1.29 is 9.59 Å². The maximum absolute atomic E-state index is 12.2. The lowest BCUT2D eigenvalue weighted by Crippen LogP contribution is -2.37. The molecule has 0 saturated heterocycles. The molecule has 1 aromatic heterocycles. The van der Waals surface area contributed by atoms with E-state index in [9.17, 15) is 14.4 Å². The Morgan fingerprint density at radius 1 is 1.25 bits per heavy atom. The maximum Gasteiger partial charge on any atom is 0.251 e. The van der Waals surface area contributed by atoms with E-state index in [0.29, 0.717) is 11.6 Å². The predicted molar refractivity (Wildman–Crippen MR) is 90.7 cm³/mol. The highest BCUT2D eigenvalue weighted by molar-refractivity contribution is 6.04. The number of hydrogen-bond donors (Lipinski definition) is 2. The van der Waals surface area contributed by atoms with Gasteiger partial charge in [0.15, 0.2) is 0 Å². The second-order valence-electron chi connectivity index (χ2n) is 6.16. The Morgan fingerprint density at radius 3 is 2.75 bits per heavy atom. The summed E-state index contributed by atoms with van der Waals surface area (Å²) in [7, 11) is 0. The van der Waals surface area contributed by atoms with Gasteiger partial charge in [0.25, 0.3) is 11.5 Å². The van der Waals surface area contributed by atoms with Crippen LogP contribution >= 0.6 is 0 Å². The minimum absolute atomic E-state index is 0.122. The fourth-order valence-electron chi connectivity index (χ4n) is 2.74. The van der Waals surface area contributed by atoms with Crippen molar-refractivity contribution in [3.8, 4) is 0 Å². The van der Waals surface area contributed by atoms with Crippen LogP contribution in [0.3, 0.4) is 0 Å². The van der Waals surface area contributed by atoms with Crippen molar-refractivity contribution >= 4 is 17.5 Å². The molecule has 2 amide bonds. The first kappa shape index (κ1) is 16.0. The summed E-state index contributed by atoms with van der Waals surface area (Å²) >= 11 is 0. The number of hydrogen-bond acceptors (Lipinski definition) is 3. The second kappa shape index (κ2) is 6.31. The Hall–Kier alpha value is -2.89. The largest absolute Gasteiger partial charge is 0.339 e. The van der Waals surface area contributed by atoms with Crippen molar-refractivity contribution in [3.05, 3.63) is 64.1 Å². The second-order valence-corrected chi connectivity index (χ2v) is 6.16. The number of nitrogens with zero attached hydrogens (tertiary/aromatic N) is 1. The standard InChI is InChI=1S/C18H19N3O3/c1-11(2)12-6-7-14-13(9-12)17(18(24)19-14)20-15(22)10-21-8-4-3-5-16(21)23/h3-9,11,17H,10H2,1-2H3,(H,19,24)(H,20,22)/t17-/m1/s1. The number of nitrogens with one attached hydrogen (secondary N) is 2. The molecule has 1 aliphatic rings. The molecule has 0 unspecified atom stereocenters. The summed E-state index contributed by atoms with van der Waals surface area (Å²) in [6.45, 7) is 4.02. The van der Waals surface area contributed by atoms with Gasteiger partial charge in [0.2, 0.25) is 5.91 Å². The summed E-state index contributed by atoms with van der Waals surface area (Å²) < 4.78 is 1.30. The Bertz CT molecular complexity index is 855. The third-order valence-corrected chi connectivity index (χ3v) is 4.09. The van der Waals surface area contributed by atoms with Crippen LogP contribution in [0.4, 0.5) is 5.69 Å². The first-order chi connectivity index (χ1) is 11.5. The van der Waals surface area contributed by atoms with Gasteiger partial charge in [-0.15, -0.1) is 0 Å². The number of pyridine rings is 1. The van der Waals surface area contributed by atoms with Gasteiger partial charge in [0, 0.05) is 23.5 Å². The number of anilines is 1. The average Bonchev–Trinajstić information content (AvgIpc) is 2.85. The number of carbonyl (C=O) groups excluding carboxylic acids is 2. The fourth-order valence-corrected chi connectivity index (χ4v) is 2.74. The van der Waals surface area contributed by atoms with Crippen molar-refractivity contribution in [2.45, 2.75) is 32.4 Å². The molecule has 2 heterocycles. The third-order valence-electron chi connectivity index (χ3n) is 4.09. The number of aromatic nitrogens is 1. The van der Waals surface area contributed by atoms with Crippen molar-refractivity contribution in [3.63, 3.8) is 0 Å². The smallest absolute Gasteiger partial charge is 0.251 e. The normalized spacial score (nSPS) is 16.0. The summed E-state index contributed by atoms with van der Waals surface area (Å²) in [4.78, 5) is 36.1. The van der Waals surface area contributed by atoms with Crippen LogP contribution in [-0.2, 0) is 16.1 Å². The van der Waals surface area contributed by atoms with E-state index in [1.165, 1.54) is 10.6 Å². The molecule has 2 N–H and O–H groups in total. The molecule has 1 aromatic carbocycles. The lowest BCUT2D eigenvalue weighted by atomic mass is 9.98. The summed E-state index contributed by atoms with van der Waals surface area (Å²) in [5, 5.41) is 5.49. The van der Waals surface area contributed by atoms with E-state index in [-0.39, 0.29) is 23.9 Å². The highest BCUT2D eigenvalue weighted by Gasteiger charge is 2.32. The average molecular weight is 325 g/mol. The van der Waals surface area contributed by atoms with E-state index >= 15 is 0 Å². The number of benzene rings is 1. The Kier molecular flexibility index (Phi) is 4.20. The van der Waals surface area contributed by atoms with Gasteiger partial charge in [-0.2, -0.15) is 0 Å². The lowest BCUT2D eigenvalue weighted by molar-refractivity contribution is -0.126. The van der Waals surface area contributed by atoms with Crippen molar-refractivity contribution in [1.29, 1.82) is 0 Å². The van der Waals surface area contributed by atoms with Crippen LogP contribution in [0.2, 0.25) is 0 Å². The Morgan fingerprint density at radius 2 is 2.04 bits per heavy atom. The van der Waals surface area contributed by atoms with Gasteiger partial charge in [-0.25, -0.2) is 0 Å². The van der Waals surface area contributed by atoms with E-state index in [2.05, 4.69) is 24.5 Å². The molecule has 3 rings (SSSR count). The van der Waals surface area contributed by atoms with Gasteiger partial charge < -0.3 is 15.2 Å². The summed E-state index contributed by atoms with van der Waals surface area (Å²) in [5.74, 6) is -0.323. The summed E-state index contributed by atoms with van der Waals surface area (Å²) in [6, 6.07) is 9.72. The first-order valence-electron chi connectivity index (χ1n) is 7.85. The molecule has 1 aliphatic heterocycles. The van der Waals surface area contributed by atoms with Crippen molar-refractivity contribution in [1.82, 2.24) is 9.88 Å². The van der Waals surface area contributed by atoms with Gasteiger partial charge in [0.05, 0.1) is 0 Å². The topological polar surface area (TPSA) is 80.2 Å². The number of fused-ring (bicyclic) bond motifs is 1. The van der Waals surface area contributed by atoms with Gasteiger partial charge in [0.1, 0.15) is 12.6 Å². The predicted octanol–water partition coefficient (Wildman–Crippen LogP) is 1.78. The van der Waals surface area contributed by atoms with Crippen LogP contribution in [0, 0.1) is 0 Å². The van der Waals surface area contributed by atoms with Crippen LogP contribution in [0.25, 0.3) is 0 Å². The fraction of sp³-hybridized carbons (Fsp3) is 0.278. The monoisotopic (exact) mass is 325 g/mol. The van der Waals surface area contributed by atoms with Gasteiger partial charge in [-0.3, -0.25) is 14.4 Å². The minimum atomic E-state index is -0.731. The van der Waals surface area contributed by atoms with Gasteiger partial charge >= 0.3 is 0 Å². The molecule has 0 bridgehead atoms. The first-order valence-corrected chi connectivity index (χ1v) is 7.85. The Labute approximate surface area is 139 Å². The van der Waals surface area contributed by atoms with Crippen molar-refractivity contribution in [2.75, 3.05) is 5.32 Å². The van der Waals surface area contributed by atoms with Crippen LogP contribution < -0.4 is 16.2 Å². The molecule has 0 radical (unpaired) electrons. The van der Waals surface area contributed by atoms with Gasteiger partial charge in [-0.05, 0) is 23.6 Å². The highest BCUT2D eigenvalue weighted by Crippen LogP contribution is 2.33. The molecule has 124 valence electrons. The van der Waals surface area contributed by atoms with E-state index < -0.39 is 6.04 Å². The minimum Gasteiger partial charge on any atom is -0.339 e. The SMILES string of the molecule is CC(C)c1ccc2c(c1)[C@@H](NC(=O)Cn1ccccc1=O)C(=O)N2. The number of carbonyl (C=O) groups is 2. The zero-order chi connectivity index (χ0) is 17.3. The van der Waals surface area contributed by atoms with E-state index in [1.807, 2.05) is 18.2 Å². The molecule has 1 atom stereocenters. The molecule has 6 nitrogen and oxygen atoms in total. The van der Waals surface area contributed by atoms with Crippen molar-refractivity contribution in [2.24, 2.45) is 0 Å². The van der Waals surface area contributed by atoms with Crippen LogP contribution in [0.15, 0.2) is 47.4 Å². The lowest BCUT2D eigenvalue weighted by Gasteiger charge is -2.14. The van der Waals surface area contributed by atoms with Crippen LogP contribution in [0.1, 0.15) is 36.9 Å². The maximum atomic E-state index is 12.2.